The molecule has 0 spiro atoms. The molecule has 0 aliphatic rings. The van der Waals surface area contributed by atoms with Crippen molar-refractivity contribution in [2.45, 2.75) is 12.5 Å². The van der Waals surface area contributed by atoms with E-state index in [0.717, 1.165) is 0 Å². The van der Waals surface area contributed by atoms with Crippen LogP contribution >= 0.6 is 0 Å². The highest BCUT2D eigenvalue weighted by Crippen LogP contribution is 1.95. The summed E-state index contributed by atoms with van der Waals surface area (Å²) in [5.74, 6) is 0. The van der Waals surface area contributed by atoms with Crippen LogP contribution in [0.2, 0.25) is 0 Å². The van der Waals surface area contributed by atoms with Gasteiger partial charge in [0.05, 0.1) is 6.61 Å². The van der Waals surface area contributed by atoms with Crippen LogP contribution < -0.4 is 0 Å². The third-order valence-electron chi connectivity index (χ3n) is 1.40. The second-order valence-corrected chi connectivity index (χ2v) is 2.31. The summed E-state index contributed by atoms with van der Waals surface area (Å²) in [4.78, 5) is 1.90. The fourth-order valence-electron chi connectivity index (χ4n) is 0.662. The zero-order valence-corrected chi connectivity index (χ0v) is 6.04. The molecule has 0 heterocycles. The minimum Gasteiger partial charge on any atom is -0.396 e. The first kappa shape index (κ1) is 8.88. The molecule has 9 heavy (non-hydrogen) atoms. The summed E-state index contributed by atoms with van der Waals surface area (Å²) in [7, 11) is 3.77. The summed E-state index contributed by atoms with van der Waals surface area (Å²) >= 11 is 0. The van der Waals surface area contributed by atoms with Gasteiger partial charge >= 0.3 is 0 Å². The molecule has 0 bridgehead atoms. The average Bonchev–Trinajstić information content (AvgIpc) is 1.82. The highest BCUT2D eigenvalue weighted by molar-refractivity contribution is 4.62. The molecule has 0 aromatic rings. The lowest BCUT2D eigenvalue weighted by molar-refractivity contribution is 0.138. The smallest absolute Gasteiger partial charge is 0.0587 e. The monoisotopic (exact) mass is 133 g/mol. The predicted molar refractivity (Wildman–Crippen MR) is 36.3 cm³/mol. The van der Waals surface area contributed by atoms with E-state index in [9.17, 15) is 0 Å². The van der Waals surface area contributed by atoms with Gasteiger partial charge in [0.2, 0.25) is 0 Å². The van der Waals surface area contributed by atoms with Gasteiger partial charge in [-0.25, -0.2) is 0 Å². The van der Waals surface area contributed by atoms with Crippen LogP contribution in [0.25, 0.3) is 0 Å². The molecule has 56 valence electrons. The van der Waals surface area contributed by atoms with Gasteiger partial charge in [0, 0.05) is 12.6 Å². The van der Waals surface area contributed by atoms with Gasteiger partial charge in [0.1, 0.15) is 0 Å². The Morgan fingerprint density at radius 2 is 1.89 bits per heavy atom. The summed E-state index contributed by atoms with van der Waals surface area (Å²) in [5, 5.41) is 17.2. The first-order valence-electron chi connectivity index (χ1n) is 3.10. The van der Waals surface area contributed by atoms with Crippen molar-refractivity contribution in [3.8, 4) is 0 Å². The molecule has 3 nitrogen and oxygen atoms in total. The summed E-state index contributed by atoms with van der Waals surface area (Å²) in [5.41, 5.74) is 0. The van der Waals surface area contributed by atoms with Crippen molar-refractivity contribution < 1.29 is 10.2 Å². The zero-order chi connectivity index (χ0) is 7.28. The van der Waals surface area contributed by atoms with Crippen LogP contribution in [0.1, 0.15) is 6.42 Å². The van der Waals surface area contributed by atoms with E-state index in [2.05, 4.69) is 0 Å². The SMILES string of the molecule is CN(C)C(CO)CCO. The molecular formula is C6H15NO2. The van der Waals surface area contributed by atoms with Crippen molar-refractivity contribution in [2.75, 3.05) is 27.3 Å². The Kier molecular flexibility index (Phi) is 4.67. The molecule has 0 aromatic carbocycles. The summed E-state index contributed by atoms with van der Waals surface area (Å²) < 4.78 is 0. The van der Waals surface area contributed by atoms with E-state index in [0.29, 0.717) is 6.42 Å². The van der Waals surface area contributed by atoms with Crippen LogP contribution in [-0.2, 0) is 0 Å². The average molecular weight is 133 g/mol. The molecule has 0 saturated carbocycles. The van der Waals surface area contributed by atoms with Crippen molar-refractivity contribution >= 4 is 0 Å². The van der Waals surface area contributed by atoms with E-state index in [1.807, 2.05) is 19.0 Å². The molecule has 0 aliphatic carbocycles. The van der Waals surface area contributed by atoms with E-state index < -0.39 is 0 Å². The maximum absolute atomic E-state index is 8.67. The minimum absolute atomic E-state index is 0.106. The number of rotatable bonds is 4. The molecule has 0 fully saturated rings. The second kappa shape index (κ2) is 4.73. The Labute approximate surface area is 55.9 Å². The number of likely N-dealkylation sites (N-methyl/N-ethyl adjacent to an activating group) is 1. The van der Waals surface area contributed by atoms with Crippen molar-refractivity contribution in [2.24, 2.45) is 0 Å². The van der Waals surface area contributed by atoms with E-state index in [-0.39, 0.29) is 19.3 Å². The summed E-state index contributed by atoms with van der Waals surface area (Å²) in [6.45, 7) is 0.261. The summed E-state index contributed by atoms with van der Waals surface area (Å²) in [6, 6.07) is 0.106. The van der Waals surface area contributed by atoms with Crippen molar-refractivity contribution in [1.29, 1.82) is 0 Å². The molecule has 0 rings (SSSR count). The lowest BCUT2D eigenvalue weighted by Gasteiger charge is -2.20. The Balaban J connectivity index is 3.41. The van der Waals surface area contributed by atoms with Crippen molar-refractivity contribution in [1.82, 2.24) is 4.90 Å². The first-order chi connectivity index (χ1) is 4.22. The lowest BCUT2D eigenvalue weighted by Crippen LogP contribution is -2.32. The van der Waals surface area contributed by atoms with Crippen LogP contribution in [0.15, 0.2) is 0 Å². The number of aliphatic hydroxyl groups excluding tert-OH is 2. The molecule has 1 atom stereocenters. The zero-order valence-electron chi connectivity index (χ0n) is 6.04. The third-order valence-corrected chi connectivity index (χ3v) is 1.40. The largest absolute Gasteiger partial charge is 0.396 e. The Hall–Kier alpha value is -0.120. The molecule has 0 radical (unpaired) electrons. The van der Waals surface area contributed by atoms with Gasteiger partial charge in [-0.3, -0.25) is 0 Å². The van der Waals surface area contributed by atoms with E-state index in [1.54, 1.807) is 0 Å². The third kappa shape index (κ3) is 3.46. The maximum atomic E-state index is 8.67. The number of hydrogen-bond donors (Lipinski definition) is 2. The van der Waals surface area contributed by atoms with E-state index in [4.69, 9.17) is 10.2 Å². The van der Waals surface area contributed by atoms with Gasteiger partial charge < -0.3 is 15.1 Å². The van der Waals surface area contributed by atoms with Crippen molar-refractivity contribution in [3.63, 3.8) is 0 Å². The highest BCUT2D eigenvalue weighted by atomic mass is 16.3. The van der Waals surface area contributed by atoms with Gasteiger partial charge in [-0.15, -0.1) is 0 Å². The number of hydrogen-bond acceptors (Lipinski definition) is 3. The fraction of sp³-hybridized carbons (Fsp3) is 1.00. The lowest BCUT2D eigenvalue weighted by atomic mass is 10.2. The molecular weight excluding hydrogens is 118 g/mol. The number of nitrogens with zero attached hydrogens (tertiary/aromatic N) is 1. The van der Waals surface area contributed by atoms with Crippen LogP contribution in [0.5, 0.6) is 0 Å². The summed E-state index contributed by atoms with van der Waals surface area (Å²) in [6.07, 6.45) is 0.642. The minimum atomic E-state index is 0.106. The van der Waals surface area contributed by atoms with Gasteiger partial charge in [0.15, 0.2) is 0 Å². The second-order valence-electron chi connectivity index (χ2n) is 2.31. The quantitative estimate of drug-likeness (QED) is 0.532. The molecule has 2 N–H and O–H groups in total. The molecule has 0 saturated heterocycles. The van der Waals surface area contributed by atoms with Crippen LogP contribution in [0.3, 0.4) is 0 Å². The van der Waals surface area contributed by atoms with E-state index >= 15 is 0 Å². The van der Waals surface area contributed by atoms with Gasteiger partial charge in [-0.1, -0.05) is 0 Å². The van der Waals surface area contributed by atoms with Gasteiger partial charge in [0.25, 0.3) is 0 Å². The highest BCUT2D eigenvalue weighted by Gasteiger charge is 2.07. The van der Waals surface area contributed by atoms with Gasteiger partial charge in [-0.2, -0.15) is 0 Å². The van der Waals surface area contributed by atoms with Crippen molar-refractivity contribution in [3.05, 3.63) is 0 Å². The molecule has 1 unspecified atom stereocenters. The van der Waals surface area contributed by atoms with E-state index in [1.165, 1.54) is 0 Å². The Morgan fingerprint density at radius 1 is 1.33 bits per heavy atom. The number of aliphatic hydroxyl groups is 2. The van der Waals surface area contributed by atoms with Crippen LogP contribution in [0.4, 0.5) is 0 Å². The normalized spacial score (nSPS) is 14.3. The first-order valence-corrected chi connectivity index (χ1v) is 3.10. The van der Waals surface area contributed by atoms with Crippen LogP contribution in [0, 0.1) is 0 Å². The standard InChI is InChI=1S/C6H15NO2/c1-7(2)6(5-9)3-4-8/h6,8-9H,3-5H2,1-2H3. The van der Waals surface area contributed by atoms with Crippen LogP contribution in [-0.4, -0.2) is 48.5 Å². The predicted octanol–water partition coefficient (Wildman–Crippen LogP) is -0.709. The molecule has 0 aromatic heterocycles. The Morgan fingerprint density at radius 3 is 2.00 bits per heavy atom. The molecule has 3 heteroatoms. The van der Waals surface area contributed by atoms with Gasteiger partial charge in [-0.05, 0) is 20.5 Å². The molecule has 0 aliphatic heterocycles. The fourth-order valence-corrected chi connectivity index (χ4v) is 0.662. The molecule has 0 amide bonds. The topological polar surface area (TPSA) is 43.7 Å². The maximum Gasteiger partial charge on any atom is 0.0587 e. The Bertz CT molecular complexity index is 66.1.